The van der Waals surface area contributed by atoms with Crippen molar-refractivity contribution in [2.75, 3.05) is 20.2 Å². The van der Waals surface area contributed by atoms with E-state index in [1.807, 2.05) is 12.1 Å². The SMILES string of the molecule is COC(=O)c1cccc(C[C@@H]2CCNC2)c1. The molecule has 0 spiro atoms. The molecule has 16 heavy (non-hydrogen) atoms. The lowest BCUT2D eigenvalue weighted by molar-refractivity contribution is 0.0600. The van der Waals surface area contributed by atoms with Crippen LogP contribution < -0.4 is 5.32 Å². The number of esters is 1. The van der Waals surface area contributed by atoms with E-state index >= 15 is 0 Å². The predicted octanol–water partition coefficient (Wildman–Crippen LogP) is 1.63. The van der Waals surface area contributed by atoms with E-state index in [1.54, 1.807) is 6.07 Å². The molecule has 1 aromatic carbocycles. The molecule has 0 aromatic heterocycles. The van der Waals surface area contributed by atoms with Crippen LogP contribution in [0.15, 0.2) is 24.3 Å². The molecule has 86 valence electrons. The summed E-state index contributed by atoms with van der Waals surface area (Å²) in [5, 5.41) is 3.35. The maximum Gasteiger partial charge on any atom is 0.337 e. The molecule has 1 aliphatic heterocycles. The Bertz CT molecular complexity index is 370. The normalized spacial score (nSPS) is 19.7. The number of benzene rings is 1. The zero-order chi connectivity index (χ0) is 11.4. The molecule has 1 atom stereocenters. The third-order valence-corrected chi connectivity index (χ3v) is 3.03. The van der Waals surface area contributed by atoms with Gasteiger partial charge in [-0.15, -0.1) is 0 Å². The summed E-state index contributed by atoms with van der Waals surface area (Å²) in [6, 6.07) is 7.72. The maximum absolute atomic E-state index is 11.4. The van der Waals surface area contributed by atoms with Gasteiger partial charge in [-0.25, -0.2) is 4.79 Å². The Morgan fingerprint density at radius 1 is 1.56 bits per heavy atom. The molecule has 1 heterocycles. The van der Waals surface area contributed by atoms with Gasteiger partial charge in [0.25, 0.3) is 0 Å². The van der Waals surface area contributed by atoms with E-state index < -0.39 is 0 Å². The summed E-state index contributed by atoms with van der Waals surface area (Å²) in [4.78, 5) is 11.4. The molecular formula is C13H17NO2. The van der Waals surface area contributed by atoms with Crippen LogP contribution in [0.3, 0.4) is 0 Å². The second kappa shape index (κ2) is 5.12. The van der Waals surface area contributed by atoms with Crippen molar-refractivity contribution in [2.24, 2.45) is 5.92 Å². The molecule has 0 bridgehead atoms. The van der Waals surface area contributed by atoms with E-state index in [9.17, 15) is 4.79 Å². The van der Waals surface area contributed by atoms with E-state index in [1.165, 1.54) is 19.1 Å². The fraction of sp³-hybridized carbons (Fsp3) is 0.462. The van der Waals surface area contributed by atoms with Crippen LogP contribution in [0.1, 0.15) is 22.3 Å². The number of methoxy groups -OCH3 is 1. The van der Waals surface area contributed by atoms with Crippen molar-refractivity contribution in [3.63, 3.8) is 0 Å². The average Bonchev–Trinajstić information content (AvgIpc) is 2.81. The maximum atomic E-state index is 11.4. The van der Waals surface area contributed by atoms with Crippen molar-refractivity contribution in [1.82, 2.24) is 5.32 Å². The van der Waals surface area contributed by atoms with Crippen LogP contribution in [0.2, 0.25) is 0 Å². The Hall–Kier alpha value is -1.35. The number of carbonyl (C=O) groups excluding carboxylic acids is 1. The van der Waals surface area contributed by atoms with Gasteiger partial charge in [0.2, 0.25) is 0 Å². The number of carbonyl (C=O) groups is 1. The Morgan fingerprint density at radius 2 is 2.44 bits per heavy atom. The minimum atomic E-state index is -0.258. The molecule has 3 heteroatoms. The highest BCUT2D eigenvalue weighted by Gasteiger charge is 2.15. The second-order valence-corrected chi connectivity index (χ2v) is 4.25. The monoisotopic (exact) mass is 219 g/mol. The van der Waals surface area contributed by atoms with Gasteiger partial charge in [0.05, 0.1) is 12.7 Å². The van der Waals surface area contributed by atoms with Gasteiger partial charge in [0.1, 0.15) is 0 Å². The minimum Gasteiger partial charge on any atom is -0.465 e. The van der Waals surface area contributed by atoms with Gasteiger partial charge in [-0.05, 0) is 49.5 Å². The summed E-state index contributed by atoms with van der Waals surface area (Å²) in [5.74, 6) is 0.444. The molecule has 0 saturated carbocycles. The first-order valence-corrected chi connectivity index (χ1v) is 5.67. The van der Waals surface area contributed by atoms with E-state index in [0.717, 1.165) is 19.5 Å². The average molecular weight is 219 g/mol. The number of nitrogens with one attached hydrogen (secondary N) is 1. The summed E-state index contributed by atoms with van der Waals surface area (Å²) in [6.07, 6.45) is 2.26. The van der Waals surface area contributed by atoms with Crippen molar-refractivity contribution < 1.29 is 9.53 Å². The molecule has 0 radical (unpaired) electrons. The third kappa shape index (κ3) is 2.61. The fourth-order valence-electron chi connectivity index (χ4n) is 2.17. The van der Waals surface area contributed by atoms with E-state index in [-0.39, 0.29) is 5.97 Å². The second-order valence-electron chi connectivity index (χ2n) is 4.25. The van der Waals surface area contributed by atoms with Crippen LogP contribution in [0.25, 0.3) is 0 Å². The van der Waals surface area contributed by atoms with Crippen molar-refractivity contribution in [1.29, 1.82) is 0 Å². The van der Waals surface area contributed by atoms with E-state index in [0.29, 0.717) is 11.5 Å². The lowest BCUT2D eigenvalue weighted by Crippen LogP contribution is -2.11. The van der Waals surface area contributed by atoms with Crippen LogP contribution >= 0.6 is 0 Å². The highest BCUT2D eigenvalue weighted by Crippen LogP contribution is 2.16. The molecule has 0 aliphatic carbocycles. The van der Waals surface area contributed by atoms with Crippen LogP contribution in [0.4, 0.5) is 0 Å². The van der Waals surface area contributed by atoms with Crippen LogP contribution in [-0.4, -0.2) is 26.2 Å². The molecule has 3 nitrogen and oxygen atoms in total. The highest BCUT2D eigenvalue weighted by atomic mass is 16.5. The van der Waals surface area contributed by atoms with Gasteiger partial charge in [0, 0.05) is 0 Å². The third-order valence-electron chi connectivity index (χ3n) is 3.03. The Morgan fingerprint density at radius 3 is 3.12 bits per heavy atom. The van der Waals surface area contributed by atoms with Crippen LogP contribution in [-0.2, 0) is 11.2 Å². The standard InChI is InChI=1S/C13H17NO2/c1-16-13(15)12-4-2-3-10(8-12)7-11-5-6-14-9-11/h2-4,8,11,14H,5-7,9H2,1H3/t11-/m0/s1. The minimum absolute atomic E-state index is 0.258. The molecule has 1 N–H and O–H groups in total. The first kappa shape index (κ1) is 11.1. The molecule has 1 aliphatic rings. The largest absolute Gasteiger partial charge is 0.465 e. The van der Waals surface area contributed by atoms with Crippen molar-refractivity contribution in [2.45, 2.75) is 12.8 Å². The number of hydrogen-bond acceptors (Lipinski definition) is 3. The van der Waals surface area contributed by atoms with E-state index in [4.69, 9.17) is 4.74 Å². The Labute approximate surface area is 95.8 Å². The zero-order valence-electron chi connectivity index (χ0n) is 9.53. The Balaban J connectivity index is 2.06. The topological polar surface area (TPSA) is 38.3 Å². The summed E-state index contributed by atoms with van der Waals surface area (Å²) >= 11 is 0. The smallest absolute Gasteiger partial charge is 0.337 e. The number of ether oxygens (including phenoxy) is 1. The van der Waals surface area contributed by atoms with Gasteiger partial charge in [-0.1, -0.05) is 12.1 Å². The van der Waals surface area contributed by atoms with E-state index in [2.05, 4.69) is 11.4 Å². The van der Waals surface area contributed by atoms with Crippen LogP contribution in [0.5, 0.6) is 0 Å². The van der Waals surface area contributed by atoms with Crippen molar-refractivity contribution >= 4 is 5.97 Å². The lowest BCUT2D eigenvalue weighted by atomic mass is 9.97. The zero-order valence-corrected chi connectivity index (χ0v) is 9.53. The van der Waals surface area contributed by atoms with Gasteiger partial charge >= 0.3 is 5.97 Å². The first-order valence-electron chi connectivity index (χ1n) is 5.67. The molecular weight excluding hydrogens is 202 g/mol. The number of hydrogen-bond donors (Lipinski definition) is 1. The van der Waals surface area contributed by atoms with Crippen LogP contribution in [0, 0.1) is 5.92 Å². The molecule has 1 fully saturated rings. The predicted molar refractivity (Wildman–Crippen MR) is 62.5 cm³/mol. The molecule has 2 rings (SSSR count). The van der Waals surface area contributed by atoms with Crippen molar-refractivity contribution in [3.8, 4) is 0 Å². The Kier molecular flexibility index (Phi) is 3.57. The van der Waals surface area contributed by atoms with Gasteiger partial charge < -0.3 is 10.1 Å². The molecule has 0 amide bonds. The van der Waals surface area contributed by atoms with Gasteiger partial charge in [-0.2, -0.15) is 0 Å². The van der Waals surface area contributed by atoms with Gasteiger partial charge in [-0.3, -0.25) is 0 Å². The summed E-state index contributed by atoms with van der Waals surface area (Å²) in [5.41, 5.74) is 1.86. The highest BCUT2D eigenvalue weighted by molar-refractivity contribution is 5.89. The fourth-order valence-corrected chi connectivity index (χ4v) is 2.17. The molecule has 1 saturated heterocycles. The lowest BCUT2D eigenvalue weighted by Gasteiger charge is -2.09. The number of rotatable bonds is 3. The first-order chi connectivity index (χ1) is 7.79. The van der Waals surface area contributed by atoms with Crippen molar-refractivity contribution in [3.05, 3.63) is 35.4 Å². The summed E-state index contributed by atoms with van der Waals surface area (Å²) in [7, 11) is 1.41. The van der Waals surface area contributed by atoms with Gasteiger partial charge in [0.15, 0.2) is 0 Å². The summed E-state index contributed by atoms with van der Waals surface area (Å²) < 4.78 is 4.71. The quantitative estimate of drug-likeness (QED) is 0.785. The molecule has 0 unspecified atom stereocenters. The summed E-state index contributed by atoms with van der Waals surface area (Å²) in [6.45, 7) is 2.20. The molecule has 1 aromatic rings.